The summed E-state index contributed by atoms with van der Waals surface area (Å²) in [5.41, 5.74) is -0.0508. The van der Waals surface area contributed by atoms with Crippen LogP contribution >= 0.6 is 11.8 Å². The van der Waals surface area contributed by atoms with Gasteiger partial charge in [-0.15, -0.1) is 11.8 Å². The lowest BCUT2D eigenvalue weighted by atomic mass is 10.2. The van der Waals surface area contributed by atoms with Crippen LogP contribution in [0.25, 0.3) is 0 Å². The highest BCUT2D eigenvalue weighted by atomic mass is 32.2. The van der Waals surface area contributed by atoms with Crippen LogP contribution in [0.3, 0.4) is 0 Å². The topological polar surface area (TPSA) is 49.3 Å². The van der Waals surface area contributed by atoms with Crippen LogP contribution in [0.15, 0.2) is 24.3 Å². The van der Waals surface area contributed by atoms with E-state index in [0.717, 1.165) is 0 Å². The largest absolute Gasteiger partial charge is 0.396 e. The molecule has 94 valence electrons. The molecule has 2 N–H and O–H groups in total. The lowest BCUT2D eigenvalue weighted by Crippen LogP contribution is -2.16. The van der Waals surface area contributed by atoms with Crippen molar-refractivity contribution in [2.75, 3.05) is 23.4 Å². The summed E-state index contributed by atoms with van der Waals surface area (Å²) in [4.78, 5) is 11.4. The first-order chi connectivity index (χ1) is 8.15. The molecular formula is C11H13F2NO2S. The third-order valence-corrected chi connectivity index (χ3v) is 2.88. The van der Waals surface area contributed by atoms with Crippen LogP contribution in [0.5, 0.6) is 0 Å². The van der Waals surface area contributed by atoms with E-state index >= 15 is 0 Å². The molecule has 0 aliphatic heterocycles. The van der Waals surface area contributed by atoms with Gasteiger partial charge in [0, 0.05) is 17.0 Å². The molecule has 0 heterocycles. The van der Waals surface area contributed by atoms with Crippen molar-refractivity contribution < 1.29 is 18.7 Å². The minimum absolute atomic E-state index is 0.00837. The second-order valence-electron chi connectivity index (χ2n) is 3.21. The standard InChI is InChI=1S/C11H13F2NO2S/c12-11(13)8-3-1-2-4-9(8)14-10(16)7-17-6-5-15/h1-4,11,15H,5-7H2,(H,14,16). The van der Waals surface area contributed by atoms with E-state index in [0.29, 0.717) is 5.75 Å². The number of aliphatic hydroxyl groups excluding tert-OH is 1. The molecule has 0 saturated heterocycles. The Morgan fingerprint density at radius 1 is 1.41 bits per heavy atom. The minimum atomic E-state index is -2.61. The molecule has 0 bridgehead atoms. The molecule has 0 atom stereocenters. The summed E-state index contributed by atoms with van der Waals surface area (Å²) in [6.45, 7) is -0.00837. The van der Waals surface area contributed by atoms with Crippen molar-refractivity contribution in [3.8, 4) is 0 Å². The number of hydrogen-bond donors (Lipinski definition) is 2. The summed E-state index contributed by atoms with van der Waals surface area (Å²) in [7, 11) is 0. The van der Waals surface area contributed by atoms with Gasteiger partial charge in [0.2, 0.25) is 5.91 Å². The van der Waals surface area contributed by atoms with Gasteiger partial charge in [-0.3, -0.25) is 4.79 Å². The molecule has 0 radical (unpaired) electrons. The van der Waals surface area contributed by atoms with Crippen molar-refractivity contribution in [2.45, 2.75) is 6.43 Å². The first-order valence-corrected chi connectivity index (χ1v) is 6.16. The number of carbonyl (C=O) groups excluding carboxylic acids is 1. The lowest BCUT2D eigenvalue weighted by Gasteiger charge is -2.09. The van der Waals surface area contributed by atoms with Gasteiger partial charge in [-0.2, -0.15) is 0 Å². The van der Waals surface area contributed by atoms with Crippen molar-refractivity contribution >= 4 is 23.4 Å². The van der Waals surface area contributed by atoms with Crippen molar-refractivity contribution in [1.29, 1.82) is 0 Å². The number of carbonyl (C=O) groups is 1. The third kappa shape index (κ3) is 4.70. The Bertz CT molecular complexity index is 374. The zero-order valence-corrected chi connectivity index (χ0v) is 9.84. The first kappa shape index (κ1) is 13.9. The molecule has 0 unspecified atom stereocenters. The van der Waals surface area contributed by atoms with Gasteiger partial charge in [-0.05, 0) is 6.07 Å². The van der Waals surface area contributed by atoms with Crippen LogP contribution in [0.4, 0.5) is 14.5 Å². The zero-order valence-electron chi connectivity index (χ0n) is 9.03. The number of benzene rings is 1. The van der Waals surface area contributed by atoms with E-state index < -0.39 is 6.43 Å². The highest BCUT2D eigenvalue weighted by Gasteiger charge is 2.13. The monoisotopic (exact) mass is 261 g/mol. The molecule has 1 amide bonds. The molecule has 0 spiro atoms. The van der Waals surface area contributed by atoms with E-state index in [9.17, 15) is 13.6 Å². The molecule has 0 aliphatic rings. The number of alkyl halides is 2. The van der Waals surface area contributed by atoms with Gasteiger partial charge in [0.1, 0.15) is 0 Å². The Balaban J connectivity index is 2.58. The smallest absolute Gasteiger partial charge is 0.265 e. The zero-order chi connectivity index (χ0) is 12.7. The SMILES string of the molecule is O=C(CSCCO)Nc1ccccc1C(F)F. The van der Waals surface area contributed by atoms with E-state index in [-0.39, 0.29) is 29.5 Å². The highest BCUT2D eigenvalue weighted by Crippen LogP contribution is 2.26. The van der Waals surface area contributed by atoms with Gasteiger partial charge in [0.15, 0.2) is 0 Å². The van der Waals surface area contributed by atoms with Crippen molar-refractivity contribution in [2.24, 2.45) is 0 Å². The average Bonchev–Trinajstić information content (AvgIpc) is 2.29. The van der Waals surface area contributed by atoms with Crippen molar-refractivity contribution in [3.63, 3.8) is 0 Å². The van der Waals surface area contributed by atoms with Gasteiger partial charge in [-0.25, -0.2) is 8.78 Å². The van der Waals surface area contributed by atoms with Crippen LogP contribution in [0.2, 0.25) is 0 Å². The molecule has 0 fully saturated rings. The van der Waals surface area contributed by atoms with Gasteiger partial charge in [0.25, 0.3) is 6.43 Å². The average molecular weight is 261 g/mol. The predicted octanol–water partition coefficient (Wildman–Crippen LogP) is 2.29. The molecular weight excluding hydrogens is 248 g/mol. The summed E-state index contributed by atoms with van der Waals surface area (Å²) in [6.07, 6.45) is -2.61. The fourth-order valence-corrected chi connectivity index (χ4v) is 1.75. The highest BCUT2D eigenvalue weighted by molar-refractivity contribution is 7.99. The minimum Gasteiger partial charge on any atom is -0.396 e. The summed E-state index contributed by atoms with van der Waals surface area (Å²) in [5, 5.41) is 11.0. The van der Waals surface area contributed by atoms with Crippen LogP contribution in [0.1, 0.15) is 12.0 Å². The Hall–Kier alpha value is -1.14. The number of nitrogens with one attached hydrogen (secondary N) is 1. The van der Waals surface area contributed by atoms with Gasteiger partial charge in [0.05, 0.1) is 12.4 Å². The number of thioether (sulfide) groups is 1. The number of anilines is 1. The number of hydrogen-bond acceptors (Lipinski definition) is 3. The van der Waals surface area contributed by atoms with Crippen molar-refractivity contribution in [3.05, 3.63) is 29.8 Å². The van der Waals surface area contributed by atoms with Crippen LogP contribution in [-0.4, -0.2) is 29.1 Å². The summed E-state index contributed by atoms with van der Waals surface area (Å²) in [6, 6.07) is 5.80. The lowest BCUT2D eigenvalue weighted by molar-refractivity contribution is -0.113. The molecule has 6 heteroatoms. The molecule has 1 aromatic rings. The third-order valence-electron chi connectivity index (χ3n) is 1.94. The van der Waals surface area contributed by atoms with E-state index in [2.05, 4.69) is 5.32 Å². The van der Waals surface area contributed by atoms with Gasteiger partial charge < -0.3 is 10.4 Å². The molecule has 0 aliphatic carbocycles. The Morgan fingerprint density at radius 2 is 2.12 bits per heavy atom. The number of para-hydroxylation sites is 1. The maximum atomic E-state index is 12.6. The van der Waals surface area contributed by atoms with Crippen LogP contribution in [0, 0.1) is 0 Å². The normalized spacial score (nSPS) is 10.6. The Morgan fingerprint density at radius 3 is 2.76 bits per heavy atom. The summed E-state index contributed by atoms with van der Waals surface area (Å²) < 4.78 is 25.2. The van der Waals surface area contributed by atoms with Gasteiger partial charge in [-0.1, -0.05) is 18.2 Å². The first-order valence-electron chi connectivity index (χ1n) is 5.00. The maximum Gasteiger partial charge on any atom is 0.265 e. The molecule has 1 rings (SSSR count). The fraction of sp³-hybridized carbons (Fsp3) is 0.364. The summed E-state index contributed by atoms with van der Waals surface area (Å²) in [5.74, 6) is 0.235. The van der Waals surface area contributed by atoms with E-state index in [1.165, 1.54) is 30.0 Å². The van der Waals surface area contributed by atoms with Crippen molar-refractivity contribution in [1.82, 2.24) is 0 Å². The van der Waals surface area contributed by atoms with Crippen LogP contribution in [-0.2, 0) is 4.79 Å². The predicted molar refractivity (Wildman–Crippen MR) is 64.4 cm³/mol. The second-order valence-corrected chi connectivity index (χ2v) is 4.32. The molecule has 3 nitrogen and oxygen atoms in total. The second kappa shape index (κ2) is 7.24. The molecule has 0 aromatic heterocycles. The van der Waals surface area contributed by atoms with E-state index in [1.54, 1.807) is 6.07 Å². The van der Waals surface area contributed by atoms with Gasteiger partial charge >= 0.3 is 0 Å². The quantitative estimate of drug-likeness (QED) is 0.772. The number of halogens is 2. The van der Waals surface area contributed by atoms with E-state index in [1.807, 2.05) is 0 Å². The number of amides is 1. The van der Waals surface area contributed by atoms with E-state index in [4.69, 9.17) is 5.11 Å². The fourth-order valence-electron chi connectivity index (χ4n) is 1.22. The Kier molecular flexibility index (Phi) is 5.93. The molecule has 0 saturated carbocycles. The number of aliphatic hydroxyl groups is 1. The summed E-state index contributed by atoms with van der Waals surface area (Å²) >= 11 is 1.25. The van der Waals surface area contributed by atoms with Crippen LogP contribution < -0.4 is 5.32 Å². The maximum absolute atomic E-state index is 12.6. The molecule has 17 heavy (non-hydrogen) atoms. The number of rotatable bonds is 6. The Labute approximate surface area is 102 Å². The molecule has 1 aromatic carbocycles.